The van der Waals surface area contributed by atoms with E-state index in [0.29, 0.717) is 36.7 Å². The van der Waals surface area contributed by atoms with Crippen molar-refractivity contribution in [3.63, 3.8) is 0 Å². The number of aromatic nitrogens is 2. The second-order valence-electron chi connectivity index (χ2n) is 8.13. The van der Waals surface area contributed by atoms with Crippen LogP contribution in [0.2, 0.25) is 0 Å². The second kappa shape index (κ2) is 11.1. The van der Waals surface area contributed by atoms with Crippen molar-refractivity contribution in [2.24, 2.45) is 0 Å². The molecule has 2 aromatic carbocycles. The molecule has 0 fully saturated rings. The summed E-state index contributed by atoms with van der Waals surface area (Å²) in [5, 5.41) is 7.79. The lowest BCUT2D eigenvalue weighted by molar-refractivity contribution is -0.120. The molecule has 0 saturated heterocycles. The highest BCUT2D eigenvalue weighted by atomic mass is 16.5. The Kier molecular flexibility index (Phi) is 7.67. The second-order valence-corrected chi connectivity index (χ2v) is 8.13. The van der Waals surface area contributed by atoms with E-state index in [1.165, 1.54) is 0 Å². The molecule has 0 spiro atoms. The summed E-state index contributed by atoms with van der Waals surface area (Å²) < 4.78 is 18.4. The molecular weight excluding hydrogens is 448 g/mol. The number of hydrogen-bond donors (Lipinski definition) is 1. The van der Waals surface area contributed by atoms with Gasteiger partial charge in [-0.25, -0.2) is 9.48 Å². The van der Waals surface area contributed by atoms with Crippen molar-refractivity contribution in [1.82, 2.24) is 15.1 Å². The highest BCUT2D eigenvalue weighted by Gasteiger charge is 2.30. The number of esters is 1. The number of carbonyl (C=O) groups is 2. The predicted molar refractivity (Wildman–Crippen MR) is 131 cm³/mol. The van der Waals surface area contributed by atoms with E-state index < -0.39 is 12.0 Å². The molecule has 1 atom stereocenters. The molecule has 1 aromatic heterocycles. The van der Waals surface area contributed by atoms with Crippen LogP contribution in [0, 0.1) is 0 Å². The zero-order valence-corrected chi connectivity index (χ0v) is 20.2. The number of benzene rings is 2. The van der Waals surface area contributed by atoms with Crippen molar-refractivity contribution < 1.29 is 23.8 Å². The Bertz CT molecular complexity index is 1180. The number of nitrogens with zero attached hydrogens (tertiary/aromatic N) is 3. The average Bonchev–Trinajstić information content (AvgIpc) is 3.17. The van der Waals surface area contributed by atoms with E-state index in [1.807, 2.05) is 54.6 Å². The molecule has 0 bridgehead atoms. The van der Waals surface area contributed by atoms with Crippen LogP contribution in [-0.2, 0) is 22.5 Å². The molecule has 0 saturated carbocycles. The predicted octanol–water partition coefficient (Wildman–Crippen LogP) is 2.67. The number of likely N-dealkylation sites (N-methyl/N-ethyl adjacent to an activating group) is 1. The van der Waals surface area contributed by atoms with Crippen molar-refractivity contribution in [1.29, 1.82) is 0 Å². The number of amides is 1. The van der Waals surface area contributed by atoms with Crippen molar-refractivity contribution in [3.05, 3.63) is 71.4 Å². The van der Waals surface area contributed by atoms with E-state index >= 15 is 0 Å². The first-order valence-corrected chi connectivity index (χ1v) is 11.6. The highest BCUT2D eigenvalue weighted by molar-refractivity contribution is 5.98. The molecule has 4 rings (SSSR count). The minimum atomic E-state index is -0.538. The maximum Gasteiger partial charge on any atom is 0.359 e. The third-order valence-corrected chi connectivity index (χ3v) is 5.86. The number of nitrogens with one attached hydrogen (secondary N) is 1. The third-order valence-electron chi connectivity index (χ3n) is 5.86. The van der Waals surface area contributed by atoms with E-state index in [4.69, 9.17) is 14.2 Å². The summed E-state index contributed by atoms with van der Waals surface area (Å²) in [5.74, 6) is 0.566. The maximum atomic E-state index is 13.0. The number of carbonyl (C=O) groups excluding carboxylic acids is 2. The Labute approximate surface area is 204 Å². The topological polar surface area (TPSA) is 94.9 Å². The van der Waals surface area contributed by atoms with E-state index in [2.05, 4.69) is 10.4 Å². The van der Waals surface area contributed by atoms with Gasteiger partial charge in [0.2, 0.25) is 11.8 Å². The van der Waals surface area contributed by atoms with Crippen LogP contribution in [0.5, 0.6) is 11.6 Å². The van der Waals surface area contributed by atoms with Gasteiger partial charge >= 0.3 is 5.97 Å². The first kappa shape index (κ1) is 24.3. The SMILES string of the molecule is CCOC(=O)c1nn(Cc2ccccc2)c(OC)c1CCN[C@H]1COc2ccccc2N(C)C1=O. The molecule has 3 aromatic rings. The quantitative estimate of drug-likeness (QED) is 0.473. The molecule has 2 heterocycles. The fraction of sp³-hybridized carbons (Fsp3) is 0.346. The fourth-order valence-corrected chi connectivity index (χ4v) is 4.14. The zero-order chi connectivity index (χ0) is 24.8. The average molecular weight is 479 g/mol. The van der Waals surface area contributed by atoms with Crippen LogP contribution in [0.1, 0.15) is 28.5 Å². The molecule has 0 aliphatic carbocycles. The molecule has 1 amide bonds. The normalized spacial score (nSPS) is 15.2. The fourth-order valence-electron chi connectivity index (χ4n) is 4.14. The number of ether oxygens (including phenoxy) is 3. The Morgan fingerprint density at radius 1 is 1.17 bits per heavy atom. The Morgan fingerprint density at radius 3 is 2.66 bits per heavy atom. The maximum absolute atomic E-state index is 13.0. The van der Waals surface area contributed by atoms with Gasteiger partial charge in [-0.05, 0) is 31.0 Å². The van der Waals surface area contributed by atoms with Crippen molar-refractivity contribution in [3.8, 4) is 11.6 Å². The van der Waals surface area contributed by atoms with E-state index in [1.54, 1.807) is 30.7 Å². The Balaban J connectivity index is 1.52. The van der Waals surface area contributed by atoms with Crippen LogP contribution in [0.15, 0.2) is 54.6 Å². The molecule has 1 aliphatic heterocycles. The van der Waals surface area contributed by atoms with Gasteiger partial charge in [0.15, 0.2) is 5.69 Å². The van der Waals surface area contributed by atoms with Gasteiger partial charge in [0.05, 0.1) is 31.5 Å². The Morgan fingerprint density at radius 2 is 1.91 bits per heavy atom. The summed E-state index contributed by atoms with van der Waals surface area (Å²) in [5.41, 5.74) is 2.61. The van der Waals surface area contributed by atoms with Gasteiger partial charge < -0.3 is 24.4 Å². The van der Waals surface area contributed by atoms with E-state index in [0.717, 1.165) is 11.3 Å². The minimum Gasteiger partial charge on any atom is -0.489 e. The Hall–Kier alpha value is -3.85. The van der Waals surface area contributed by atoms with Crippen LogP contribution in [0.3, 0.4) is 0 Å². The van der Waals surface area contributed by atoms with Crippen LogP contribution < -0.4 is 19.7 Å². The number of methoxy groups -OCH3 is 1. The minimum absolute atomic E-state index is 0.0905. The van der Waals surface area contributed by atoms with Gasteiger partial charge in [-0.1, -0.05) is 42.5 Å². The number of anilines is 1. The number of hydrogen-bond acceptors (Lipinski definition) is 7. The van der Waals surface area contributed by atoms with Crippen molar-refractivity contribution >= 4 is 17.6 Å². The van der Waals surface area contributed by atoms with Crippen LogP contribution >= 0.6 is 0 Å². The van der Waals surface area contributed by atoms with E-state index in [-0.39, 0.29) is 24.8 Å². The van der Waals surface area contributed by atoms with Crippen LogP contribution in [-0.4, -0.2) is 61.6 Å². The monoisotopic (exact) mass is 478 g/mol. The van der Waals surface area contributed by atoms with Gasteiger partial charge in [0, 0.05) is 13.6 Å². The molecule has 1 N–H and O–H groups in total. The van der Waals surface area contributed by atoms with Gasteiger partial charge in [0.25, 0.3) is 0 Å². The largest absolute Gasteiger partial charge is 0.489 e. The summed E-state index contributed by atoms with van der Waals surface area (Å²) in [6.07, 6.45) is 0.409. The van der Waals surface area contributed by atoms with Gasteiger partial charge in [-0.15, -0.1) is 0 Å². The number of fused-ring (bicyclic) bond motifs is 1. The smallest absolute Gasteiger partial charge is 0.359 e. The molecule has 0 radical (unpaired) electrons. The number of rotatable bonds is 9. The van der Waals surface area contributed by atoms with Crippen molar-refractivity contribution in [2.75, 3.05) is 38.8 Å². The molecule has 9 heteroatoms. The lowest BCUT2D eigenvalue weighted by Gasteiger charge is -2.20. The first-order valence-electron chi connectivity index (χ1n) is 11.6. The van der Waals surface area contributed by atoms with Gasteiger partial charge in [0.1, 0.15) is 18.4 Å². The summed E-state index contributed by atoms with van der Waals surface area (Å²) >= 11 is 0. The van der Waals surface area contributed by atoms with E-state index in [9.17, 15) is 9.59 Å². The lowest BCUT2D eigenvalue weighted by atomic mass is 10.1. The first-order chi connectivity index (χ1) is 17.0. The standard InChI is InChI=1S/C26H30N4O5/c1-4-34-26(32)23-19(25(33-3)30(28-23)16-18-10-6-5-7-11-18)14-15-27-20-17-35-22-13-9-8-12-21(22)29(2)24(20)31/h5-13,20,27H,4,14-17H2,1-3H3/t20-/m0/s1. The van der Waals surface area contributed by atoms with Crippen LogP contribution in [0.25, 0.3) is 0 Å². The summed E-state index contributed by atoms with van der Waals surface area (Å²) in [6, 6.07) is 16.7. The molecule has 35 heavy (non-hydrogen) atoms. The summed E-state index contributed by atoms with van der Waals surface area (Å²) in [7, 11) is 3.29. The number of para-hydroxylation sites is 2. The third kappa shape index (κ3) is 5.30. The van der Waals surface area contributed by atoms with Gasteiger partial charge in [-0.3, -0.25) is 4.79 Å². The molecule has 1 aliphatic rings. The molecular formula is C26H30N4O5. The summed E-state index contributed by atoms with van der Waals surface area (Å²) in [4.78, 5) is 27.3. The lowest BCUT2D eigenvalue weighted by Crippen LogP contribution is -2.47. The molecule has 184 valence electrons. The molecule has 9 nitrogen and oxygen atoms in total. The van der Waals surface area contributed by atoms with Crippen LogP contribution in [0.4, 0.5) is 5.69 Å². The molecule has 0 unspecified atom stereocenters. The van der Waals surface area contributed by atoms with Gasteiger partial charge in [-0.2, -0.15) is 5.10 Å². The van der Waals surface area contributed by atoms with Crippen molar-refractivity contribution in [2.45, 2.75) is 25.9 Å². The summed E-state index contributed by atoms with van der Waals surface area (Å²) in [6.45, 7) is 3.05. The zero-order valence-electron chi connectivity index (χ0n) is 20.2. The highest BCUT2D eigenvalue weighted by Crippen LogP contribution is 2.30.